The monoisotopic (exact) mass is 544 g/mol. The second kappa shape index (κ2) is 12.6. The molecule has 3 rings (SSSR count). The van der Waals surface area contributed by atoms with Gasteiger partial charge in [-0.05, 0) is 76.1 Å². The zero-order chi connectivity index (χ0) is 27.2. The second-order valence-corrected chi connectivity index (χ2v) is 12.5. The van der Waals surface area contributed by atoms with Gasteiger partial charge in [-0.1, -0.05) is 23.8 Å². The fourth-order valence-electron chi connectivity index (χ4n) is 3.97. The summed E-state index contributed by atoms with van der Waals surface area (Å²) in [5.74, 6) is 1.03. The Hall–Kier alpha value is -2.88. The van der Waals surface area contributed by atoms with Crippen molar-refractivity contribution in [2.45, 2.75) is 51.6 Å². The maximum atomic E-state index is 13.6. The second-order valence-electron chi connectivity index (χ2n) is 9.22. The Morgan fingerprint density at radius 2 is 1.62 bits per heavy atom. The average molecular weight is 545 g/mol. The van der Waals surface area contributed by atoms with E-state index in [1.54, 1.807) is 68.6 Å². The molecule has 0 aliphatic heterocycles. The zero-order valence-corrected chi connectivity index (χ0v) is 24.0. The number of ether oxygens (including phenoxy) is 2. The van der Waals surface area contributed by atoms with E-state index in [4.69, 9.17) is 9.47 Å². The average Bonchev–Trinajstić information content (AvgIpc) is 3.29. The van der Waals surface area contributed by atoms with Crippen LogP contribution in [-0.2, 0) is 27.8 Å². The standard InChI is InChI=1S/C28H36N2O5S2/c1-20(2)30(37(32,33)25-12-7-21(3)8-13-25)19-28(31)29(18-24-11-9-22(4)36-24)16-15-23-10-14-26(34-5)27(17-23)35-6/h7-14,17,20H,15-16,18-19H2,1-6H3. The van der Waals surface area contributed by atoms with Crippen molar-refractivity contribution in [2.75, 3.05) is 27.3 Å². The van der Waals surface area contributed by atoms with Gasteiger partial charge in [-0.25, -0.2) is 8.42 Å². The van der Waals surface area contributed by atoms with E-state index in [2.05, 4.69) is 0 Å². The maximum absolute atomic E-state index is 13.6. The van der Waals surface area contributed by atoms with E-state index in [1.807, 2.05) is 44.2 Å². The van der Waals surface area contributed by atoms with Gasteiger partial charge >= 0.3 is 0 Å². The minimum atomic E-state index is -3.84. The summed E-state index contributed by atoms with van der Waals surface area (Å²) in [4.78, 5) is 17.8. The molecule has 0 unspecified atom stereocenters. The number of thiophene rings is 1. The predicted octanol–water partition coefficient (Wildman–Crippen LogP) is 5.05. The molecule has 0 N–H and O–H groups in total. The molecule has 0 spiro atoms. The van der Waals surface area contributed by atoms with Crippen LogP contribution >= 0.6 is 11.3 Å². The third-order valence-electron chi connectivity index (χ3n) is 6.11. The fourth-order valence-corrected chi connectivity index (χ4v) is 6.47. The number of aryl methyl sites for hydroxylation is 2. The minimum absolute atomic E-state index is 0.186. The van der Waals surface area contributed by atoms with Crippen molar-refractivity contribution in [3.63, 3.8) is 0 Å². The summed E-state index contributed by atoms with van der Waals surface area (Å²) in [6.45, 7) is 8.12. The van der Waals surface area contributed by atoms with Crippen LogP contribution in [0.15, 0.2) is 59.5 Å². The number of methoxy groups -OCH3 is 2. The number of carbonyl (C=O) groups is 1. The van der Waals surface area contributed by atoms with Gasteiger partial charge in [0.05, 0.1) is 32.2 Å². The topological polar surface area (TPSA) is 76.2 Å². The summed E-state index contributed by atoms with van der Waals surface area (Å²) < 4.78 is 38.9. The molecule has 1 amide bonds. The number of hydrogen-bond acceptors (Lipinski definition) is 6. The summed E-state index contributed by atoms with van der Waals surface area (Å²) in [5, 5.41) is 0. The van der Waals surface area contributed by atoms with Gasteiger partial charge in [0, 0.05) is 22.3 Å². The first-order chi connectivity index (χ1) is 17.5. The molecule has 0 bridgehead atoms. The number of nitrogens with zero attached hydrogens (tertiary/aromatic N) is 2. The van der Waals surface area contributed by atoms with Crippen molar-refractivity contribution < 1.29 is 22.7 Å². The Kier molecular flexibility index (Phi) is 9.75. The summed E-state index contributed by atoms with van der Waals surface area (Å²) in [6.07, 6.45) is 0.586. The lowest BCUT2D eigenvalue weighted by molar-refractivity contribution is -0.132. The van der Waals surface area contributed by atoms with Crippen LogP contribution in [0.4, 0.5) is 0 Å². The predicted molar refractivity (Wildman–Crippen MR) is 148 cm³/mol. The van der Waals surface area contributed by atoms with E-state index in [-0.39, 0.29) is 23.4 Å². The lowest BCUT2D eigenvalue weighted by Crippen LogP contribution is -2.46. The largest absolute Gasteiger partial charge is 0.493 e. The molecule has 0 aliphatic rings. The fraction of sp³-hybridized carbons (Fsp3) is 0.393. The normalized spacial score (nSPS) is 11.7. The van der Waals surface area contributed by atoms with Crippen LogP contribution in [0, 0.1) is 13.8 Å². The third kappa shape index (κ3) is 7.34. The molecule has 0 aliphatic carbocycles. The first kappa shape index (κ1) is 28.7. The number of carbonyl (C=O) groups excluding carboxylic acids is 1. The van der Waals surface area contributed by atoms with E-state index in [9.17, 15) is 13.2 Å². The van der Waals surface area contributed by atoms with E-state index < -0.39 is 10.0 Å². The van der Waals surface area contributed by atoms with E-state index in [1.165, 1.54) is 4.31 Å². The van der Waals surface area contributed by atoms with Crippen molar-refractivity contribution in [3.8, 4) is 11.5 Å². The summed E-state index contributed by atoms with van der Waals surface area (Å²) in [7, 11) is -0.662. The van der Waals surface area contributed by atoms with Gasteiger partial charge in [-0.2, -0.15) is 4.31 Å². The van der Waals surface area contributed by atoms with Crippen LogP contribution in [0.1, 0.15) is 34.7 Å². The summed E-state index contributed by atoms with van der Waals surface area (Å²) >= 11 is 1.63. The molecular weight excluding hydrogens is 508 g/mol. The summed E-state index contributed by atoms with van der Waals surface area (Å²) in [6, 6.07) is 16.1. The van der Waals surface area contributed by atoms with Crippen molar-refractivity contribution in [1.82, 2.24) is 9.21 Å². The lowest BCUT2D eigenvalue weighted by Gasteiger charge is -2.29. The number of hydrogen-bond donors (Lipinski definition) is 0. The molecule has 0 radical (unpaired) electrons. The van der Waals surface area contributed by atoms with Gasteiger partial charge in [-0.15, -0.1) is 11.3 Å². The lowest BCUT2D eigenvalue weighted by atomic mass is 10.1. The quantitative estimate of drug-likeness (QED) is 0.319. The molecule has 2 aromatic carbocycles. The Morgan fingerprint density at radius 1 is 0.946 bits per heavy atom. The third-order valence-corrected chi connectivity index (χ3v) is 9.13. The van der Waals surface area contributed by atoms with Crippen molar-refractivity contribution in [2.24, 2.45) is 0 Å². The Bertz CT molecular complexity index is 1300. The van der Waals surface area contributed by atoms with Crippen LogP contribution in [0.3, 0.4) is 0 Å². The number of sulfonamides is 1. The van der Waals surface area contributed by atoms with Gasteiger partial charge < -0.3 is 14.4 Å². The zero-order valence-electron chi connectivity index (χ0n) is 22.4. The molecule has 3 aromatic rings. The smallest absolute Gasteiger partial charge is 0.243 e. The minimum Gasteiger partial charge on any atom is -0.493 e. The molecule has 200 valence electrons. The molecule has 7 nitrogen and oxygen atoms in total. The molecule has 0 saturated carbocycles. The molecule has 9 heteroatoms. The summed E-state index contributed by atoms with van der Waals surface area (Å²) in [5.41, 5.74) is 1.96. The number of amides is 1. The van der Waals surface area contributed by atoms with Crippen molar-refractivity contribution in [1.29, 1.82) is 0 Å². The molecular formula is C28H36N2O5S2. The highest BCUT2D eigenvalue weighted by Crippen LogP contribution is 2.28. The van der Waals surface area contributed by atoms with Crippen LogP contribution < -0.4 is 9.47 Å². The van der Waals surface area contributed by atoms with Crippen LogP contribution in [-0.4, -0.2) is 56.9 Å². The van der Waals surface area contributed by atoms with Crippen LogP contribution in [0.2, 0.25) is 0 Å². The number of benzene rings is 2. The van der Waals surface area contributed by atoms with Crippen molar-refractivity contribution in [3.05, 3.63) is 75.5 Å². The van der Waals surface area contributed by atoms with Gasteiger partial charge in [0.1, 0.15) is 0 Å². The van der Waals surface area contributed by atoms with Gasteiger partial charge in [-0.3, -0.25) is 4.79 Å². The molecule has 0 fully saturated rings. The number of rotatable bonds is 12. The van der Waals surface area contributed by atoms with Crippen LogP contribution in [0.5, 0.6) is 11.5 Å². The van der Waals surface area contributed by atoms with Gasteiger partial charge in [0.25, 0.3) is 0 Å². The van der Waals surface area contributed by atoms with E-state index in [0.717, 1.165) is 20.9 Å². The first-order valence-corrected chi connectivity index (χ1v) is 14.4. The maximum Gasteiger partial charge on any atom is 0.243 e. The van der Waals surface area contributed by atoms with E-state index in [0.29, 0.717) is 31.0 Å². The first-order valence-electron chi connectivity index (χ1n) is 12.2. The van der Waals surface area contributed by atoms with Gasteiger partial charge in [0.15, 0.2) is 11.5 Å². The molecule has 0 saturated heterocycles. The van der Waals surface area contributed by atoms with E-state index >= 15 is 0 Å². The molecule has 0 atom stereocenters. The molecule has 1 heterocycles. The Morgan fingerprint density at radius 3 is 2.19 bits per heavy atom. The highest BCUT2D eigenvalue weighted by molar-refractivity contribution is 7.89. The van der Waals surface area contributed by atoms with Crippen LogP contribution in [0.25, 0.3) is 0 Å². The SMILES string of the molecule is COc1ccc(CCN(Cc2ccc(C)s2)C(=O)CN(C(C)C)S(=O)(=O)c2ccc(C)cc2)cc1OC. The molecule has 1 aromatic heterocycles. The highest BCUT2D eigenvalue weighted by atomic mass is 32.2. The van der Waals surface area contributed by atoms with Gasteiger partial charge in [0.2, 0.25) is 15.9 Å². The molecule has 37 heavy (non-hydrogen) atoms. The Balaban J connectivity index is 1.84. The highest BCUT2D eigenvalue weighted by Gasteiger charge is 2.30. The Labute approximate surface area is 224 Å². The van der Waals surface area contributed by atoms with Crippen molar-refractivity contribution >= 4 is 27.3 Å².